The second-order valence-corrected chi connectivity index (χ2v) is 7.59. The first-order valence-corrected chi connectivity index (χ1v) is 9.96. The van der Waals surface area contributed by atoms with E-state index >= 15 is 0 Å². The molecule has 1 aromatic heterocycles. The zero-order valence-electron chi connectivity index (χ0n) is 15.7. The van der Waals surface area contributed by atoms with Crippen LogP contribution < -0.4 is 10.6 Å². The number of nitrogens with one attached hydrogen (secondary N) is 3. The summed E-state index contributed by atoms with van der Waals surface area (Å²) >= 11 is 1.49. The highest BCUT2D eigenvalue weighted by molar-refractivity contribution is 7.16. The number of hydrogen-bond donors (Lipinski definition) is 5. The number of aromatic nitrogens is 1. The molecule has 0 saturated carbocycles. The lowest BCUT2D eigenvalue weighted by Gasteiger charge is -2.30. The molecule has 1 aromatic carbocycles. The Labute approximate surface area is 168 Å². The van der Waals surface area contributed by atoms with Crippen LogP contribution in [0.5, 0.6) is 5.75 Å². The van der Waals surface area contributed by atoms with Crippen molar-refractivity contribution < 1.29 is 10.2 Å². The van der Waals surface area contributed by atoms with Gasteiger partial charge in [-0.1, -0.05) is 29.5 Å². The molecule has 1 fully saturated rings. The number of rotatable bonds is 6. The highest BCUT2D eigenvalue weighted by atomic mass is 32.1. The number of phenolic OH excluding ortho intramolecular Hbond substituents is 1. The molecule has 0 amide bonds. The Kier molecular flexibility index (Phi) is 6.67. The minimum absolute atomic E-state index is 0.239. The van der Waals surface area contributed by atoms with Crippen LogP contribution in [0.4, 0.5) is 5.13 Å². The highest BCUT2D eigenvalue weighted by Gasteiger charge is 2.18. The summed E-state index contributed by atoms with van der Waals surface area (Å²) in [4.78, 5) is 7.30. The second kappa shape index (κ2) is 9.38. The van der Waals surface area contributed by atoms with Crippen LogP contribution in [-0.4, -0.2) is 52.2 Å². The van der Waals surface area contributed by atoms with Gasteiger partial charge in [-0.05, 0) is 36.6 Å². The van der Waals surface area contributed by atoms with E-state index in [4.69, 9.17) is 5.41 Å². The van der Waals surface area contributed by atoms with Crippen LogP contribution in [-0.2, 0) is 0 Å². The van der Waals surface area contributed by atoms with E-state index < -0.39 is 0 Å². The van der Waals surface area contributed by atoms with Crippen molar-refractivity contribution >= 4 is 34.5 Å². The second-order valence-electron chi connectivity index (χ2n) is 6.53. The Morgan fingerprint density at radius 2 is 2.11 bits per heavy atom. The summed E-state index contributed by atoms with van der Waals surface area (Å²) in [5.41, 5.74) is 0.916. The van der Waals surface area contributed by atoms with E-state index in [-0.39, 0.29) is 11.9 Å². The zero-order valence-corrected chi connectivity index (χ0v) is 16.5. The number of anilines is 1. The van der Waals surface area contributed by atoms with E-state index in [1.165, 1.54) is 11.3 Å². The molecule has 1 saturated heterocycles. The number of hydrogen-bond acceptors (Lipinski definition) is 7. The minimum atomic E-state index is -0.253. The van der Waals surface area contributed by atoms with Gasteiger partial charge in [0.05, 0.1) is 6.10 Å². The Morgan fingerprint density at radius 3 is 2.82 bits per heavy atom. The molecule has 0 radical (unpaired) electrons. The van der Waals surface area contributed by atoms with Crippen LogP contribution in [0, 0.1) is 5.41 Å². The maximum absolute atomic E-state index is 9.60. The predicted octanol–water partition coefficient (Wildman–Crippen LogP) is 2.93. The van der Waals surface area contributed by atoms with E-state index in [1.807, 2.05) is 23.1 Å². The number of amidine groups is 1. The summed E-state index contributed by atoms with van der Waals surface area (Å²) in [6, 6.07) is 7.06. The van der Waals surface area contributed by atoms with Gasteiger partial charge in [-0.25, -0.2) is 4.98 Å². The van der Waals surface area contributed by atoms with Crippen molar-refractivity contribution in [2.75, 3.05) is 25.5 Å². The summed E-state index contributed by atoms with van der Waals surface area (Å²) in [5, 5.41) is 34.4. The fourth-order valence-electron chi connectivity index (χ4n) is 2.85. The maximum Gasteiger partial charge on any atom is 0.188 e. The lowest BCUT2D eigenvalue weighted by Crippen LogP contribution is -2.39. The molecule has 7 nitrogen and oxygen atoms in total. The van der Waals surface area contributed by atoms with E-state index in [9.17, 15) is 10.2 Å². The molecule has 2 aromatic rings. The SMILES string of the molecule is CN/C(=C\C(=N)N1CCC(O)CC1)Nc1ncc(/C=C/c2cccc(O)c2)s1. The van der Waals surface area contributed by atoms with Gasteiger partial charge in [-0.3, -0.25) is 5.41 Å². The number of nitrogens with zero attached hydrogens (tertiary/aromatic N) is 2. The average molecular weight is 400 g/mol. The van der Waals surface area contributed by atoms with Crippen LogP contribution in [0.1, 0.15) is 23.3 Å². The van der Waals surface area contributed by atoms with E-state index in [0.717, 1.165) is 15.6 Å². The van der Waals surface area contributed by atoms with Crippen LogP contribution in [0.3, 0.4) is 0 Å². The molecule has 3 rings (SSSR count). The standard InChI is InChI=1S/C20H25N5O2S/c1-22-19(12-18(21)25-9-7-15(26)8-10-25)24-20-23-13-17(28-20)6-5-14-3-2-4-16(27)11-14/h2-6,11-13,15,21-22,26-27H,7-10H2,1H3,(H,23,24)/b6-5+,19-12+,21-18?. The lowest BCUT2D eigenvalue weighted by atomic mass is 10.1. The molecular weight excluding hydrogens is 374 g/mol. The Hall–Kier alpha value is -2.84. The van der Waals surface area contributed by atoms with Gasteiger partial charge in [0, 0.05) is 37.3 Å². The van der Waals surface area contributed by atoms with Gasteiger partial charge in [0.2, 0.25) is 0 Å². The van der Waals surface area contributed by atoms with Crippen molar-refractivity contribution in [2.45, 2.75) is 18.9 Å². The number of thiazole rings is 1. The zero-order chi connectivity index (χ0) is 19.9. The average Bonchev–Trinajstić information content (AvgIpc) is 3.14. The number of aromatic hydroxyl groups is 1. The summed E-state index contributed by atoms with van der Waals surface area (Å²) < 4.78 is 0. The van der Waals surface area contributed by atoms with Gasteiger partial charge in [0.15, 0.2) is 5.13 Å². The molecule has 2 heterocycles. The number of likely N-dealkylation sites (tertiary alicyclic amines) is 1. The lowest BCUT2D eigenvalue weighted by molar-refractivity contribution is 0.109. The molecule has 1 aliphatic rings. The minimum Gasteiger partial charge on any atom is -0.508 e. The smallest absolute Gasteiger partial charge is 0.188 e. The van der Waals surface area contributed by atoms with E-state index in [0.29, 0.717) is 37.6 Å². The summed E-state index contributed by atoms with van der Waals surface area (Å²) in [7, 11) is 1.79. The van der Waals surface area contributed by atoms with E-state index in [2.05, 4.69) is 15.6 Å². The van der Waals surface area contributed by atoms with Crippen LogP contribution in [0.2, 0.25) is 0 Å². The van der Waals surface area contributed by atoms with Crippen LogP contribution in [0.25, 0.3) is 12.2 Å². The fourth-order valence-corrected chi connectivity index (χ4v) is 3.58. The fraction of sp³-hybridized carbons (Fsp3) is 0.300. The molecule has 0 aliphatic carbocycles. The third-order valence-electron chi connectivity index (χ3n) is 4.43. The van der Waals surface area contributed by atoms with Gasteiger partial charge in [-0.15, -0.1) is 0 Å². The summed E-state index contributed by atoms with van der Waals surface area (Å²) in [6.45, 7) is 1.38. The first kappa shape index (κ1) is 19.9. The van der Waals surface area contributed by atoms with Crippen molar-refractivity contribution in [3.05, 3.63) is 52.8 Å². The molecule has 148 valence electrons. The number of piperidine rings is 1. The summed E-state index contributed by atoms with van der Waals surface area (Å²) in [5.74, 6) is 1.33. The molecule has 1 aliphatic heterocycles. The first-order chi connectivity index (χ1) is 13.5. The van der Waals surface area contributed by atoms with Crippen molar-refractivity contribution in [1.82, 2.24) is 15.2 Å². The van der Waals surface area contributed by atoms with Crippen molar-refractivity contribution in [3.63, 3.8) is 0 Å². The van der Waals surface area contributed by atoms with E-state index in [1.54, 1.807) is 37.5 Å². The number of phenols is 1. The molecule has 28 heavy (non-hydrogen) atoms. The van der Waals surface area contributed by atoms with Crippen molar-refractivity contribution in [1.29, 1.82) is 5.41 Å². The molecule has 0 atom stereocenters. The Bertz CT molecular complexity index is 869. The third-order valence-corrected chi connectivity index (χ3v) is 5.31. The summed E-state index contributed by atoms with van der Waals surface area (Å²) in [6.07, 6.45) is 8.52. The molecule has 0 bridgehead atoms. The Balaban J connectivity index is 1.61. The number of aliphatic hydroxyl groups is 1. The Morgan fingerprint density at radius 1 is 1.32 bits per heavy atom. The normalized spacial score (nSPS) is 15.8. The largest absolute Gasteiger partial charge is 0.508 e. The monoisotopic (exact) mass is 399 g/mol. The van der Waals surface area contributed by atoms with Crippen LogP contribution in [0.15, 0.2) is 42.4 Å². The first-order valence-electron chi connectivity index (χ1n) is 9.14. The van der Waals surface area contributed by atoms with Gasteiger partial charge < -0.3 is 25.7 Å². The van der Waals surface area contributed by atoms with Crippen LogP contribution >= 0.6 is 11.3 Å². The molecule has 8 heteroatoms. The molecule has 0 unspecified atom stereocenters. The molecule has 0 spiro atoms. The maximum atomic E-state index is 9.60. The number of benzene rings is 1. The van der Waals surface area contributed by atoms with Gasteiger partial charge in [0.25, 0.3) is 0 Å². The van der Waals surface area contributed by atoms with Gasteiger partial charge in [0.1, 0.15) is 17.4 Å². The topological polar surface area (TPSA) is 105 Å². The molecular formula is C20H25N5O2S. The van der Waals surface area contributed by atoms with Gasteiger partial charge in [-0.2, -0.15) is 0 Å². The molecule has 5 N–H and O–H groups in total. The van der Waals surface area contributed by atoms with Crippen molar-refractivity contribution in [3.8, 4) is 5.75 Å². The van der Waals surface area contributed by atoms with Crippen molar-refractivity contribution in [2.24, 2.45) is 0 Å². The highest BCUT2D eigenvalue weighted by Crippen LogP contribution is 2.22. The number of aliphatic hydroxyl groups excluding tert-OH is 1. The third kappa shape index (κ3) is 5.58. The van der Waals surface area contributed by atoms with Gasteiger partial charge >= 0.3 is 0 Å². The quantitative estimate of drug-likeness (QED) is 0.378. The predicted molar refractivity (Wildman–Crippen MR) is 114 cm³/mol.